The predicted molar refractivity (Wildman–Crippen MR) is 254 cm³/mol. The fourth-order valence-electron chi connectivity index (χ4n) is 9.41. The van der Waals surface area contributed by atoms with Crippen molar-refractivity contribution in [2.24, 2.45) is 0 Å². The predicted octanol–water partition coefficient (Wildman–Crippen LogP) is 16.6. The Morgan fingerprint density at radius 3 is 1.80 bits per heavy atom. The molecule has 9 aromatic carbocycles. The van der Waals surface area contributed by atoms with Crippen molar-refractivity contribution in [3.8, 4) is 16.8 Å². The van der Waals surface area contributed by atoms with Gasteiger partial charge in [0.1, 0.15) is 11.2 Å². The summed E-state index contributed by atoms with van der Waals surface area (Å²) in [5.41, 5.74) is 10.8. The molecular formula is C54H32N2OS2. The topological polar surface area (TPSA) is 21.3 Å². The van der Waals surface area contributed by atoms with Crippen molar-refractivity contribution >= 4 is 124 Å². The van der Waals surface area contributed by atoms with Gasteiger partial charge >= 0.3 is 0 Å². The van der Waals surface area contributed by atoms with E-state index in [1.54, 1.807) is 0 Å². The molecule has 13 aromatic rings. The lowest BCUT2D eigenvalue weighted by atomic mass is 9.93. The molecule has 5 heteroatoms. The lowest BCUT2D eigenvalue weighted by Gasteiger charge is -2.26. The number of rotatable bonds is 5. The molecule has 4 aromatic heterocycles. The van der Waals surface area contributed by atoms with Crippen LogP contribution in [0.5, 0.6) is 0 Å². The highest BCUT2D eigenvalue weighted by Crippen LogP contribution is 2.49. The maximum Gasteiger partial charge on any atom is 0.138 e. The highest BCUT2D eigenvalue weighted by Gasteiger charge is 2.25. The normalized spacial score (nSPS) is 12.1. The molecule has 0 aliphatic rings. The van der Waals surface area contributed by atoms with E-state index in [4.69, 9.17) is 4.42 Å². The lowest BCUT2D eigenvalue weighted by Crippen LogP contribution is -2.09. The van der Waals surface area contributed by atoms with Crippen molar-refractivity contribution in [1.29, 1.82) is 0 Å². The van der Waals surface area contributed by atoms with E-state index in [0.717, 1.165) is 55.7 Å². The lowest BCUT2D eigenvalue weighted by molar-refractivity contribution is 0.669. The maximum atomic E-state index is 6.76. The smallest absolute Gasteiger partial charge is 0.138 e. The van der Waals surface area contributed by atoms with Crippen LogP contribution in [0.1, 0.15) is 0 Å². The number of nitrogens with zero attached hydrogens (tertiary/aromatic N) is 2. The molecule has 0 aliphatic heterocycles. The van der Waals surface area contributed by atoms with Crippen LogP contribution in [0.3, 0.4) is 0 Å². The van der Waals surface area contributed by atoms with Crippen molar-refractivity contribution in [3.05, 3.63) is 194 Å². The van der Waals surface area contributed by atoms with Crippen LogP contribution in [0, 0.1) is 0 Å². The second-order valence-electron chi connectivity index (χ2n) is 15.2. The Labute approximate surface area is 346 Å². The fraction of sp³-hybridized carbons (Fsp3) is 0. The molecule has 276 valence electrons. The number of para-hydroxylation sites is 3. The quantitative estimate of drug-likeness (QED) is 0.173. The molecule has 0 unspecified atom stereocenters. The molecule has 4 heterocycles. The van der Waals surface area contributed by atoms with Crippen molar-refractivity contribution in [2.75, 3.05) is 4.90 Å². The second-order valence-corrected chi connectivity index (χ2v) is 17.4. The van der Waals surface area contributed by atoms with Crippen LogP contribution in [0.4, 0.5) is 17.1 Å². The monoisotopic (exact) mass is 788 g/mol. The zero-order valence-corrected chi connectivity index (χ0v) is 33.2. The summed E-state index contributed by atoms with van der Waals surface area (Å²) in [7, 11) is 0. The fourth-order valence-corrected chi connectivity index (χ4v) is 11.6. The summed E-state index contributed by atoms with van der Waals surface area (Å²) in [5, 5.41) is 9.84. The van der Waals surface area contributed by atoms with Crippen LogP contribution in [-0.4, -0.2) is 4.57 Å². The van der Waals surface area contributed by atoms with Gasteiger partial charge in [0.05, 0.1) is 11.0 Å². The molecule has 13 rings (SSSR count). The Bertz CT molecular complexity index is 3800. The minimum absolute atomic E-state index is 0.882. The molecule has 3 nitrogen and oxygen atoms in total. The molecule has 0 N–H and O–H groups in total. The molecule has 0 saturated carbocycles. The molecule has 0 fully saturated rings. The molecule has 0 aliphatic carbocycles. The van der Waals surface area contributed by atoms with E-state index < -0.39 is 0 Å². The third kappa shape index (κ3) is 4.93. The van der Waals surface area contributed by atoms with E-state index >= 15 is 0 Å². The second kappa shape index (κ2) is 12.7. The van der Waals surface area contributed by atoms with Gasteiger partial charge in [-0.3, -0.25) is 0 Å². The van der Waals surface area contributed by atoms with Crippen molar-refractivity contribution < 1.29 is 4.42 Å². The van der Waals surface area contributed by atoms with Crippen LogP contribution in [0.15, 0.2) is 199 Å². The molecular weight excluding hydrogens is 757 g/mol. The highest BCUT2D eigenvalue weighted by atomic mass is 32.1. The Morgan fingerprint density at radius 2 is 0.983 bits per heavy atom. The average Bonchev–Trinajstić information content (AvgIpc) is 4.04. The third-order valence-corrected chi connectivity index (χ3v) is 14.2. The van der Waals surface area contributed by atoms with Crippen LogP contribution >= 0.6 is 22.7 Å². The molecule has 0 amide bonds. The van der Waals surface area contributed by atoms with E-state index in [-0.39, 0.29) is 0 Å². The van der Waals surface area contributed by atoms with Crippen LogP contribution in [-0.2, 0) is 0 Å². The number of furan rings is 1. The first kappa shape index (κ1) is 32.9. The number of hydrogen-bond acceptors (Lipinski definition) is 4. The molecule has 0 radical (unpaired) electrons. The van der Waals surface area contributed by atoms with Gasteiger partial charge in [0.15, 0.2) is 0 Å². The zero-order valence-electron chi connectivity index (χ0n) is 31.6. The SMILES string of the molecule is c1ccc(N(c2ccc3sc4ccccc4c3c2)c2ccc3c4c(-c5ccc6c(c5)sc5ccccc56)c5c(cc4n(-c4ccccc4)c3c2)oc2ccccc25)cc1. The van der Waals surface area contributed by atoms with Crippen LogP contribution < -0.4 is 4.90 Å². The van der Waals surface area contributed by atoms with E-state index in [1.165, 1.54) is 62.2 Å². The summed E-state index contributed by atoms with van der Waals surface area (Å²) in [5.74, 6) is 0. The van der Waals surface area contributed by atoms with Gasteiger partial charge in [-0.15, -0.1) is 22.7 Å². The third-order valence-electron chi connectivity index (χ3n) is 12.0. The number of hydrogen-bond donors (Lipinski definition) is 0. The summed E-state index contributed by atoms with van der Waals surface area (Å²) in [6.07, 6.45) is 0. The molecule has 0 atom stereocenters. The highest BCUT2D eigenvalue weighted by molar-refractivity contribution is 7.26. The van der Waals surface area contributed by atoms with Crippen molar-refractivity contribution in [1.82, 2.24) is 4.57 Å². The maximum absolute atomic E-state index is 6.76. The Hall–Kier alpha value is -7.18. The van der Waals surface area contributed by atoms with E-state index in [2.05, 4.69) is 204 Å². The summed E-state index contributed by atoms with van der Waals surface area (Å²) >= 11 is 3.71. The number of aromatic nitrogens is 1. The first-order valence-electron chi connectivity index (χ1n) is 19.9. The summed E-state index contributed by atoms with van der Waals surface area (Å²) in [6.45, 7) is 0. The van der Waals surface area contributed by atoms with Crippen molar-refractivity contribution in [2.45, 2.75) is 0 Å². The minimum atomic E-state index is 0.882. The molecule has 59 heavy (non-hydrogen) atoms. The first-order chi connectivity index (χ1) is 29.2. The van der Waals surface area contributed by atoms with Gasteiger partial charge in [-0.1, -0.05) is 109 Å². The number of benzene rings is 9. The standard InChI is InChI=1S/C54H32N2OS2/c1-3-13-34(14-4-1)55(36-25-28-50-43(30-36)39-18-9-12-22-49(39)58-50)37-24-27-41-44(31-37)56(35-15-5-2-6-16-35)45-32-47-54(42-19-7-10-20-46(42)57-47)52(53(41)45)33-23-26-40-38-17-8-11-21-48(38)59-51(40)29-33/h1-32H. The Morgan fingerprint density at radius 1 is 0.373 bits per heavy atom. The zero-order chi connectivity index (χ0) is 38.6. The number of thiophene rings is 2. The van der Waals surface area contributed by atoms with E-state index in [9.17, 15) is 0 Å². The van der Waals surface area contributed by atoms with Gasteiger partial charge in [-0.05, 0) is 84.4 Å². The summed E-state index contributed by atoms with van der Waals surface area (Å²) < 4.78 is 14.4. The number of anilines is 3. The van der Waals surface area contributed by atoms with Gasteiger partial charge in [-0.2, -0.15) is 0 Å². The van der Waals surface area contributed by atoms with Gasteiger partial charge in [0, 0.05) is 96.3 Å². The van der Waals surface area contributed by atoms with Gasteiger partial charge in [-0.25, -0.2) is 0 Å². The minimum Gasteiger partial charge on any atom is -0.456 e. The first-order valence-corrected chi connectivity index (χ1v) is 21.5. The van der Waals surface area contributed by atoms with Crippen LogP contribution in [0.2, 0.25) is 0 Å². The summed E-state index contributed by atoms with van der Waals surface area (Å²) in [6, 6.07) is 70.7. The van der Waals surface area contributed by atoms with Gasteiger partial charge in [0.25, 0.3) is 0 Å². The number of fused-ring (bicyclic) bond motifs is 12. The van der Waals surface area contributed by atoms with Gasteiger partial charge in [0.2, 0.25) is 0 Å². The largest absolute Gasteiger partial charge is 0.456 e. The van der Waals surface area contributed by atoms with E-state index in [1.807, 2.05) is 22.7 Å². The van der Waals surface area contributed by atoms with E-state index in [0.29, 0.717) is 0 Å². The molecule has 0 spiro atoms. The van der Waals surface area contributed by atoms with Gasteiger partial charge < -0.3 is 13.9 Å². The molecule has 0 bridgehead atoms. The Kier molecular flexibility index (Phi) is 7.05. The summed E-state index contributed by atoms with van der Waals surface area (Å²) in [4.78, 5) is 2.40. The van der Waals surface area contributed by atoms with Crippen LogP contribution in [0.25, 0.3) is 101 Å². The van der Waals surface area contributed by atoms with Crippen molar-refractivity contribution in [3.63, 3.8) is 0 Å². The average molecular weight is 789 g/mol. The Balaban J connectivity index is 1.13. The molecule has 0 saturated heterocycles.